The second-order valence-corrected chi connectivity index (χ2v) is 7.61. The molecule has 0 spiro atoms. The molecule has 1 saturated heterocycles. The van der Waals surface area contributed by atoms with Crippen LogP contribution in [0.4, 0.5) is 5.69 Å². The molecule has 1 aromatic carbocycles. The highest BCUT2D eigenvalue weighted by molar-refractivity contribution is 6.31. The van der Waals surface area contributed by atoms with Gasteiger partial charge in [-0.15, -0.1) is 0 Å². The van der Waals surface area contributed by atoms with Crippen LogP contribution in [0.3, 0.4) is 0 Å². The van der Waals surface area contributed by atoms with Gasteiger partial charge in [0.15, 0.2) is 0 Å². The highest BCUT2D eigenvalue weighted by Gasteiger charge is 2.45. The summed E-state index contributed by atoms with van der Waals surface area (Å²) in [6, 6.07) is 8.18. The first-order valence-corrected chi connectivity index (χ1v) is 10.4. The summed E-state index contributed by atoms with van der Waals surface area (Å²) >= 11 is 5.90. The first kappa shape index (κ1) is 22.4. The molecule has 1 aliphatic heterocycles. The Morgan fingerprint density at radius 1 is 1.19 bits per heavy atom. The van der Waals surface area contributed by atoms with Crippen LogP contribution in [-0.2, 0) is 14.4 Å². The smallest absolute Gasteiger partial charge is 0.274 e. The van der Waals surface area contributed by atoms with E-state index in [1.807, 2.05) is 13.8 Å². The van der Waals surface area contributed by atoms with Gasteiger partial charge in [-0.05, 0) is 49.2 Å². The summed E-state index contributed by atoms with van der Waals surface area (Å²) in [5.41, 5.74) is 3.13. The van der Waals surface area contributed by atoms with Crippen LogP contribution in [0.15, 0.2) is 48.8 Å². The van der Waals surface area contributed by atoms with E-state index >= 15 is 0 Å². The number of hydrogen-bond donors (Lipinski definition) is 1. The summed E-state index contributed by atoms with van der Waals surface area (Å²) in [5, 5.41) is 1.43. The summed E-state index contributed by atoms with van der Waals surface area (Å²) < 4.78 is 0. The van der Waals surface area contributed by atoms with E-state index in [2.05, 4.69) is 10.4 Å². The monoisotopic (exact) mass is 442 g/mol. The molecule has 1 N–H and O–H groups in total. The standard InChI is InChI=1S/C22H23ClN4O4/c1-3-14(4-2)20(29)25-27(21(30)15-6-5-11-24-13-15)18-12-19(28)26(22(18)31)17-9-7-16(23)8-10-17/h5-11,13-14,18H,3-4,12H2,1-2H3,(H,25,29). The zero-order valence-corrected chi connectivity index (χ0v) is 18.0. The molecule has 0 saturated carbocycles. The Morgan fingerprint density at radius 2 is 1.87 bits per heavy atom. The molecule has 0 bridgehead atoms. The van der Waals surface area contributed by atoms with Crippen molar-refractivity contribution in [1.82, 2.24) is 15.4 Å². The number of carbonyl (C=O) groups excluding carboxylic acids is 4. The van der Waals surface area contributed by atoms with E-state index in [9.17, 15) is 19.2 Å². The topological polar surface area (TPSA) is 99.7 Å². The van der Waals surface area contributed by atoms with E-state index < -0.39 is 23.8 Å². The maximum absolute atomic E-state index is 13.2. The predicted molar refractivity (Wildman–Crippen MR) is 115 cm³/mol. The molecule has 1 aromatic heterocycles. The fourth-order valence-corrected chi connectivity index (χ4v) is 3.57. The zero-order valence-electron chi connectivity index (χ0n) is 17.2. The number of pyridine rings is 1. The SMILES string of the molecule is CCC(CC)C(=O)NN(C(=O)c1cccnc1)C1CC(=O)N(c2ccc(Cl)cc2)C1=O. The van der Waals surface area contributed by atoms with Gasteiger partial charge in [0.25, 0.3) is 11.8 Å². The second-order valence-electron chi connectivity index (χ2n) is 7.17. The number of nitrogens with zero attached hydrogens (tertiary/aromatic N) is 3. The van der Waals surface area contributed by atoms with Gasteiger partial charge in [0.1, 0.15) is 6.04 Å². The summed E-state index contributed by atoms with van der Waals surface area (Å²) in [6.45, 7) is 3.74. The van der Waals surface area contributed by atoms with E-state index in [-0.39, 0.29) is 23.8 Å². The largest absolute Gasteiger partial charge is 0.274 e. The van der Waals surface area contributed by atoms with Crippen molar-refractivity contribution in [1.29, 1.82) is 0 Å². The normalized spacial score (nSPS) is 16.0. The van der Waals surface area contributed by atoms with E-state index in [1.54, 1.807) is 30.3 Å². The van der Waals surface area contributed by atoms with Gasteiger partial charge in [0.2, 0.25) is 11.8 Å². The van der Waals surface area contributed by atoms with E-state index in [1.165, 1.54) is 18.5 Å². The number of halogens is 1. The molecule has 8 nitrogen and oxygen atoms in total. The Hall–Kier alpha value is -3.26. The van der Waals surface area contributed by atoms with E-state index in [4.69, 9.17) is 11.6 Å². The van der Waals surface area contributed by atoms with Crippen LogP contribution in [-0.4, -0.2) is 39.7 Å². The lowest BCUT2D eigenvalue weighted by atomic mass is 10.0. The average Bonchev–Trinajstić information content (AvgIpc) is 3.07. The van der Waals surface area contributed by atoms with Gasteiger partial charge in [-0.1, -0.05) is 25.4 Å². The van der Waals surface area contributed by atoms with Crippen molar-refractivity contribution < 1.29 is 19.2 Å². The molecule has 1 unspecified atom stereocenters. The Morgan fingerprint density at radius 3 is 2.45 bits per heavy atom. The van der Waals surface area contributed by atoms with Crippen LogP contribution < -0.4 is 10.3 Å². The van der Waals surface area contributed by atoms with Gasteiger partial charge in [0, 0.05) is 23.3 Å². The summed E-state index contributed by atoms with van der Waals surface area (Å²) in [4.78, 5) is 56.7. The first-order valence-electron chi connectivity index (χ1n) is 10.0. The molecule has 0 radical (unpaired) electrons. The Labute approximate surface area is 185 Å². The molecule has 9 heteroatoms. The van der Waals surface area contributed by atoms with Gasteiger partial charge >= 0.3 is 0 Å². The minimum absolute atomic E-state index is 0.192. The molecule has 2 heterocycles. The number of benzene rings is 1. The van der Waals surface area contributed by atoms with Crippen molar-refractivity contribution in [2.24, 2.45) is 5.92 Å². The molecule has 162 valence electrons. The van der Waals surface area contributed by atoms with Crippen LogP contribution in [0.2, 0.25) is 5.02 Å². The van der Waals surface area contributed by atoms with Crippen molar-refractivity contribution in [2.45, 2.75) is 39.2 Å². The Bertz CT molecular complexity index is 977. The van der Waals surface area contributed by atoms with Crippen LogP contribution in [0.25, 0.3) is 0 Å². The van der Waals surface area contributed by atoms with Crippen LogP contribution in [0, 0.1) is 5.92 Å². The molecule has 3 rings (SSSR count). The molecule has 1 fully saturated rings. The number of amides is 4. The third-order valence-electron chi connectivity index (χ3n) is 5.23. The maximum Gasteiger partial charge on any atom is 0.274 e. The molecular weight excluding hydrogens is 420 g/mol. The minimum atomic E-state index is -1.17. The number of hydrazine groups is 1. The van der Waals surface area contributed by atoms with Gasteiger partial charge in [-0.25, -0.2) is 9.91 Å². The van der Waals surface area contributed by atoms with Gasteiger partial charge < -0.3 is 0 Å². The number of anilines is 1. The van der Waals surface area contributed by atoms with E-state index in [0.29, 0.717) is 23.6 Å². The lowest BCUT2D eigenvalue weighted by molar-refractivity contribution is -0.132. The fourth-order valence-electron chi connectivity index (χ4n) is 3.45. The van der Waals surface area contributed by atoms with Crippen molar-refractivity contribution in [3.05, 3.63) is 59.4 Å². The van der Waals surface area contributed by atoms with Crippen molar-refractivity contribution in [3.63, 3.8) is 0 Å². The molecule has 2 aromatic rings. The number of nitrogens with one attached hydrogen (secondary N) is 1. The van der Waals surface area contributed by atoms with Crippen LogP contribution >= 0.6 is 11.6 Å². The number of aromatic nitrogens is 1. The van der Waals surface area contributed by atoms with Gasteiger partial charge in [-0.2, -0.15) is 0 Å². The summed E-state index contributed by atoms with van der Waals surface area (Å²) in [5.74, 6) is -2.40. The first-order chi connectivity index (χ1) is 14.9. The summed E-state index contributed by atoms with van der Waals surface area (Å²) in [6.07, 6.45) is 3.75. The van der Waals surface area contributed by atoms with Crippen molar-refractivity contribution in [2.75, 3.05) is 4.90 Å². The molecule has 4 amide bonds. The third kappa shape index (κ3) is 4.74. The zero-order chi connectivity index (χ0) is 22.5. The molecule has 0 aliphatic carbocycles. The van der Waals surface area contributed by atoms with Crippen LogP contribution in [0.1, 0.15) is 43.5 Å². The fraction of sp³-hybridized carbons (Fsp3) is 0.318. The molecular formula is C22H23ClN4O4. The number of hydrogen-bond acceptors (Lipinski definition) is 5. The van der Waals surface area contributed by atoms with Gasteiger partial charge in [0.05, 0.1) is 17.7 Å². The lowest BCUT2D eigenvalue weighted by Crippen LogP contribution is -2.55. The van der Waals surface area contributed by atoms with Crippen LogP contribution in [0.5, 0.6) is 0 Å². The molecule has 31 heavy (non-hydrogen) atoms. The maximum atomic E-state index is 13.2. The lowest BCUT2D eigenvalue weighted by Gasteiger charge is -2.29. The highest BCUT2D eigenvalue weighted by Crippen LogP contribution is 2.27. The Kier molecular flexibility index (Phi) is 7.02. The molecule has 1 atom stereocenters. The predicted octanol–water partition coefficient (Wildman–Crippen LogP) is 2.98. The number of imide groups is 1. The van der Waals surface area contributed by atoms with Crippen molar-refractivity contribution in [3.8, 4) is 0 Å². The quantitative estimate of drug-likeness (QED) is 0.547. The van der Waals surface area contributed by atoms with E-state index in [0.717, 1.165) is 9.91 Å². The van der Waals surface area contributed by atoms with Gasteiger partial charge in [-0.3, -0.25) is 29.6 Å². The highest BCUT2D eigenvalue weighted by atomic mass is 35.5. The Balaban J connectivity index is 1.93. The number of rotatable bonds is 6. The molecule has 1 aliphatic rings. The number of carbonyl (C=O) groups is 4. The average molecular weight is 443 g/mol. The minimum Gasteiger partial charge on any atom is -0.274 e. The third-order valence-corrected chi connectivity index (χ3v) is 5.49. The summed E-state index contributed by atoms with van der Waals surface area (Å²) in [7, 11) is 0. The van der Waals surface area contributed by atoms with Crippen molar-refractivity contribution >= 4 is 40.9 Å². The second kappa shape index (κ2) is 9.70.